The Balaban J connectivity index is 1.58. The van der Waals surface area contributed by atoms with E-state index in [0.717, 1.165) is 25.1 Å². The van der Waals surface area contributed by atoms with E-state index in [4.69, 9.17) is 0 Å². The standard InChI is InChI=1S/C20H22FN3O4S/c21-16-7-9-17(10-8-16)23-29(27,28)18-5-1-4-15(14-18)20(26)22-11-3-13-24-12-2-6-19(24)25/h1,4-5,7-10,14,23H,2-3,6,11-13H2,(H,22,26). The van der Waals surface area contributed by atoms with Crippen LogP contribution < -0.4 is 10.0 Å². The first-order valence-electron chi connectivity index (χ1n) is 9.29. The third-order valence-corrected chi connectivity index (χ3v) is 5.94. The number of nitrogens with zero attached hydrogens (tertiary/aromatic N) is 1. The molecule has 2 aromatic carbocycles. The van der Waals surface area contributed by atoms with Crippen LogP contribution in [0.1, 0.15) is 29.6 Å². The number of rotatable bonds is 8. The molecule has 29 heavy (non-hydrogen) atoms. The van der Waals surface area contributed by atoms with Crippen LogP contribution in [0.15, 0.2) is 53.4 Å². The van der Waals surface area contributed by atoms with Crippen LogP contribution in [0.3, 0.4) is 0 Å². The van der Waals surface area contributed by atoms with E-state index in [-0.39, 0.29) is 22.1 Å². The minimum Gasteiger partial charge on any atom is -0.352 e. The van der Waals surface area contributed by atoms with Crippen molar-refractivity contribution in [3.63, 3.8) is 0 Å². The highest BCUT2D eigenvalue weighted by molar-refractivity contribution is 7.92. The van der Waals surface area contributed by atoms with Gasteiger partial charge in [-0.1, -0.05) is 6.07 Å². The molecule has 0 bridgehead atoms. The molecule has 0 aliphatic carbocycles. The van der Waals surface area contributed by atoms with Crippen LogP contribution in [-0.2, 0) is 14.8 Å². The molecule has 0 atom stereocenters. The van der Waals surface area contributed by atoms with Gasteiger partial charge in [0.15, 0.2) is 0 Å². The van der Waals surface area contributed by atoms with Crippen molar-refractivity contribution in [3.8, 4) is 0 Å². The number of anilines is 1. The van der Waals surface area contributed by atoms with Gasteiger partial charge in [-0.3, -0.25) is 14.3 Å². The zero-order valence-electron chi connectivity index (χ0n) is 15.7. The molecule has 2 aromatic rings. The molecule has 0 unspecified atom stereocenters. The quantitative estimate of drug-likeness (QED) is 0.642. The van der Waals surface area contributed by atoms with Crippen molar-refractivity contribution in [3.05, 3.63) is 59.9 Å². The summed E-state index contributed by atoms with van der Waals surface area (Å²) in [6.07, 6.45) is 2.08. The molecule has 0 aromatic heterocycles. The SMILES string of the molecule is O=C(NCCCN1CCCC1=O)c1cccc(S(=O)(=O)Nc2ccc(F)cc2)c1. The summed E-state index contributed by atoms with van der Waals surface area (Å²) in [5.41, 5.74) is 0.432. The third-order valence-electron chi connectivity index (χ3n) is 4.56. The van der Waals surface area contributed by atoms with Crippen molar-refractivity contribution in [1.82, 2.24) is 10.2 Å². The van der Waals surface area contributed by atoms with Crippen molar-refractivity contribution in [2.75, 3.05) is 24.4 Å². The number of carbonyl (C=O) groups excluding carboxylic acids is 2. The van der Waals surface area contributed by atoms with E-state index in [1.165, 1.54) is 36.4 Å². The fourth-order valence-corrected chi connectivity index (χ4v) is 4.15. The first kappa shape index (κ1) is 20.8. The molecule has 154 valence electrons. The summed E-state index contributed by atoms with van der Waals surface area (Å²) < 4.78 is 40.4. The predicted molar refractivity (Wildman–Crippen MR) is 106 cm³/mol. The van der Waals surface area contributed by atoms with Gasteiger partial charge in [-0.15, -0.1) is 0 Å². The van der Waals surface area contributed by atoms with Crippen molar-refractivity contribution in [2.45, 2.75) is 24.2 Å². The molecule has 7 nitrogen and oxygen atoms in total. The first-order chi connectivity index (χ1) is 13.8. The lowest BCUT2D eigenvalue weighted by atomic mass is 10.2. The van der Waals surface area contributed by atoms with E-state index in [2.05, 4.69) is 10.0 Å². The molecule has 2 N–H and O–H groups in total. The molecule has 1 aliphatic rings. The number of carbonyl (C=O) groups is 2. The van der Waals surface area contributed by atoms with E-state index < -0.39 is 21.7 Å². The average Bonchev–Trinajstić information content (AvgIpc) is 3.11. The van der Waals surface area contributed by atoms with Gasteiger partial charge < -0.3 is 10.2 Å². The van der Waals surface area contributed by atoms with Crippen LogP contribution in [0.2, 0.25) is 0 Å². The van der Waals surface area contributed by atoms with Gasteiger partial charge in [0.25, 0.3) is 15.9 Å². The molecule has 3 rings (SSSR count). The Kier molecular flexibility index (Phi) is 6.48. The van der Waals surface area contributed by atoms with Gasteiger partial charge in [-0.2, -0.15) is 0 Å². The number of hydrogen-bond acceptors (Lipinski definition) is 4. The normalized spacial score (nSPS) is 14.1. The topological polar surface area (TPSA) is 95.6 Å². The molecule has 1 saturated heterocycles. The van der Waals surface area contributed by atoms with Crippen molar-refractivity contribution < 1.29 is 22.4 Å². The van der Waals surface area contributed by atoms with Crippen LogP contribution in [0.25, 0.3) is 0 Å². The highest BCUT2D eigenvalue weighted by atomic mass is 32.2. The fourth-order valence-electron chi connectivity index (χ4n) is 3.05. The maximum atomic E-state index is 13.0. The molecule has 1 heterocycles. The monoisotopic (exact) mass is 419 g/mol. The summed E-state index contributed by atoms with van der Waals surface area (Å²) >= 11 is 0. The number of amides is 2. The fraction of sp³-hybridized carbons (Fsp3) is 0.300. The second kappa shape index (κ2) is 9.04. The van der Waals surface area contributed by atoms with Gasteiger partial charge in [0, 0.05) is 37.3 Å². The van der Waals surface area contributed by atoms with E-state index >= 15 is 0 Å². The molecule has 2 amide bonds. The summed E-state index contributed by atoms with van der Waals surface area (Å²) in [6.45, 7) is 1.73. The van der Waals surface area contributed by atoms with Crippen molar-refractivity contribution in [1.29, 1.82) is 0 Å². The van der Waals surface area contributed by atoms with Gasteiger partial charge in [-0.25, -0.2) is 12.8 Å². The van der Waals surface area contributed by atoms with Gasteiger partial charge >= 0.3 is 0 Å². The number of nitrogens with one attached hydrogen (secondary N) is 2. The Bertz CT molecular complexity index is 993. The van der Waals surface area contributed by atoms with E-state index in [1.807, 2.05) is 0 Å². The first-order valence-corrected chi connectivity index (χ1v) is 10.8. The minimum atomic E-state index is -3.92. The van der Waals surface area contributed by atoms with Gasteiger partial charge in [0.1, 0.15) is 5.82 Å². The van der Waals surface area contributed by atoms with Crippen LogP contribution in [-0.4, -0.2) is 44.8 Å². The van der Waals surface area contributed by atoms with Crippen LogP contribution in [0.5, 0.6) is 0 Å². The lowest BCUT2D eigenvalue weighted by Crippen LogP contribution is -2.30. The summed E-state index contributed by atoms with van der Waals surface area (Å²) in [6, 6.07) is 10.6. The molecule has 1 fully saturated rings. The van der Waals surface area contributed by atoms with E-state index in [0.29, 0.717) is 25.9 Å². The summed E-state index contributed by atoms with van der Waals surface area (Å²) in [4.78, 5) is 25.6. The van der Waals surface area contributed by atoms with Gasteiger partial charge in [0.2, 0.25) is 5.91 Å². The average molecular weight is 419 g/mol. The van der Waals surface area contributed by atoms with Crippen LogP contribution in [0, 0.1) is 5.82 Å². The van der Waals surface area contributed by atoms with E-state index in [9.17, 15) is 22.4 Å². The van der Waals surface area contributed by atoms with Gasteiger partial charge in [0.05, 0.1) is 4.90 Å². The summed E-state index contributed by atoms with van der Waals surface area (Å²) in [5, 5.41) is 2.74. The zero-order valence-corrected chi connectivity index (χ0v) is 16.5. The van der Waals surface area contributed by atoms with Crippen LogP contribution in [0.4, 0.5) is 10.1 Å². The van der Waals surface area contributed by atoms with Crippen LogP contribution >= 0.6 is 0 Å². The van der Waals surface area contributed by atoms with Gasteiger partial charge in [-0.05, 0) is 55.3 Å². The number of sulfonamides is 1. The molecule has 0 saturated carbocycles. The molecular weight excluding hydrogens is 397 g/mol. The van der Waals surface area contributed by atoms with Crippen molar-refractivity contribution in [2.24, 2.45) is 0 Å². The molecule has 0 radical (unpaired) electrons. The Hall–Kier alpha value is -2.94. The lowest BCUT2D eigenvalue weighted by Gasteiger charge is -2.15. The Morgan fingerprint density at radius 3 is 2.59 bits per heavy atom. The summed E-state index contributed by atoms with van der Waals surface area (Å²) in [7, 11) is -3.92. The molecule has 9 heteroatoms. The number of halogens is 1. The second-order valence-electron chi connectivity index (χ2n) is 6.73. The highest BCUT2D eigenvalue weighted by Gasteiger charge is 2.19. The summed E-state index contributed by atoms with van der Waals surface area (Å²) in [5.74, 6) is -0.722. The predicted octanol–water partition coefficient (Wildman–Crippen LogP) is 2.37. The molecule has 0 spiro atoms. The Labute approximate surface area is 169 Å². The second-order valence-corrected chi connectivity index (χ2v) is 8.42. The highest BCUT2D eigenvalue weighted by Crippen LogP contribution is 2.17. The molecule has 1 aliphatic heterocycles. The largest absolute Gasteiger partial charge is 0.352 e. The maximum Gasteiger partial charge on any atom is 0.261 e. The molecular formula is C20H22FN3O4S. The Morgan fingerprint density at radius 2 is 1.90 bits per heavy atom. The zero-order chi connectivity index (χ0) is 20.9. The maximum absolute atomic E-state index is 13.0. The minimum absolute atomic E-state index is 0.0721. The van der Waals surface area contributed by atoms with Crippen molar-refractivity contribution >= 4 is 27.5 Å². The number of likely N-dealkylation sites (tertiary alicyclic amines) is 1. The smallest absolute Gasteiger partial charge is 0.261 e. The third kappa shape index (κ3) is 5.54. The Morgan fingerprint density at radius 1 is 1.14 bits per heavy atom. The lowest BCUT2D eigenvalue weighted by molar-refractivity contribution is -0.127. The number of benzene rings is 2. The number of hydrogen-bond donors (Lipinski definition) is 2. The van der Waals surface area contributed by atoms with E-state index in [1.54, 1.807) is 4.90 Å².